The first-order chi connectivity index (χ1) is 16.1. The van der Waals surface area contributed by atoms with Crippen LogP contribution in [0.4, 0.5) is 0 Å². The van der Waals surface area contributed by atoms with Gasteiger partial charge in [0, 0.05) is 0 Å². The normalized spacial score (nSPS) is 28.0. The van der Waals surface area contributed by atoms with Crippen molar-refractivity contribution in [1.82, 2.24) is 0 Å². The molecule has 2 aliphatic carbocycles. The molecule has 2 fully saturated rings. The van der Waals surface area contributed by atoms with Crippen molar-refractivity contribution in [3.8, 4) is 11.1 Å². The van der Waals surface area contributed by atoms with Crippen LogP contribution >= 0.6 is 0 Å². The number of hydrogen-bond acceptors (Lipinski definition) is 0. The fourth-order valence-corrected chi connectivity index (χ4v) is 6.67. The van der Waals surface area contributed by atoms with E-state index in [1.165, 1.54) is 101 Å². The molecule has 33 heavy (non-hydrogen) atoms. The Morgan fingerprint density at radius 3 is 1.61 bits per heavy atom. The van der Waals surface area contributed by atoms with E-state index < -0.39 is 0 Å². The van der Waals surface area contributed by atoms with Gasteiger partial charge in [0.05, 0.1) is 0 Å². The second kappa shape index (κ2) is 11.7. The van der Waals surface area contributed by atoms with Crippen molar-refractivity contribution in [3.63, 3.8) is 0 Å². The smallest absolute Gasteiger partial charge is 0.0162 e. The van der Waals surface area contributed by atoms with E-state index in [9.17, 15) is 0 Å². The summed E-state index contributed by atoms with van der Waals surface area (Å²) in [7, 11) is 0. The van der Waals surface area contributed by atoms with E-state index in [0.717, 1.165) is 17.8 Å². The van der Waals surface area contributed by atoms with Gasteiger partial charge in [-0.25, -0.2) is 0 Å². The zero-order valence-electron chi connectivity index (χ0n) is 21.8. The van der Waals surface area contributed by atoms with Gasteiger partial charge in [-0.1, -0.05) is 101 Å². The highest BCUT2D eigenvalue weighted by Gasteiger charge is 2.31. The Labute approximate surface area is 204 Å². The highest BCUT2D eigenvalue weighted by molar-refractivity contribution is 5.64. The number of hydrogen-bond donors (Lipinski definition) is 0. The fourth-order valence-electron chi connectivity index (χ4n) is 6.67. The zero-order valence-corrected chi connectivity index (χ0v) is 21.8. The molecule has 0 aromatic heterocycles. The topological polar surface area (TPSA) is 0 Å². The minimum absolute atomic E-state index is 0.600. The lowest BCUT2D eigenvalue weighted by atomic mass is 9.68. The Hall–Kier alpha value is -1.56. The largest absolute Gasteiger partial charge is 0.0654 e. The summed E-state index contributed by atoms with van der Waals surface area (Å²) in [4.78, 5) is 0. The summed E-state index contributed by atoms with van der Waals surface area (Å²) in [5, 5.41) is 0. The molecule has 0 amide bonds. The van der Waals surface area contributed by atoms with Gasteiger partial charge in [0.1, 0.15) is 0 Å². The molecule has 2 aliphatic rings. The maximum atomic E-state index is 2.53. The molecule has 0 saturated heterocycles. The van der Waals surface area contributed by atoms with Crippen molar-refractivity contribution in [2.24, 2.45) is 11.3 Å². The number of benzene rings is 2. The van der Waals surface area contributed by atoms with Crippen LogP contribution in [0, 0.1) is 11.3 Å². The Morgan fingerprint density at radius 1 is 0.636 bits per heavy atom. The van der Waals surface area contributed by atoms with Crippen molar-refractivity contribution in [3.05, 3.63) is 59.7 Å². The number of unbranched alkanes of at least 4 members (excludes halogenated alkanes) is 2. The third kappa shape index (κ3) is 6.52. The molecule has 0 atom stereocenters. The minimum atomic E-state index is 0.600. The first kappa shape index (κ1) is 24.6. The highest BCUT2D eigenvalue weighted by Crippen LogP contribution is 2.46. The SMILES string of the molecule is CCCCC1CCC(c2ccc(-c3ccc(C4CCC(C)(CCCC)CC4)cc3)cc2)CC1. The molecule has 4 rings (SSSR count). The van der Waals surface area contributed by atoms with Gasteiger partial charge >= 0.3 is 0 Å². The quantitative estimate of drug-likeness (QED) is 0.361. The van der Waals surface area contributed by atoms with E-state index in [4.69, 9.17) is 0 Å². The van der Waals surface area contributed by atoms with Gasteiger partial charge < -0.3 is 0 Å². The summed E-state index contributed by atoms with van der Waals surface area (Å²) < 4.78 is 0. The molecule has 2 saturated carbocycles. The van der Waals surface area contributed by atoms with Gasteiger partial charge in [0.25, 0.3) is 0 Å². The lowest BCUT2D eigenvalue weighted by molar-refractivity contribution is 0.179. The van der Waals surface area contributed by atoms with Crippen LogP contribution in [0.3, 0.4) is 0 Å². The van der Waals surface area contributed by atoms with Gasteiger partial charge in [0.15, 0.2) is 0 Å². The highest BCUT2D eigenvalue weighted by atomic mass is 14.4. The molecule has 0 heterocycles. The van der Waals surface area contributed by atoms with E-state index in [1.807, 2.05) is 0 Å². The second-order valence-electron chi connectivity index (χ2n) is 11.8. The van der Waals surface area contributed by atoms with Crippen molar-refractivity contribution >= 4 is 0 Å². The van der Waals surface area contributed by atoms with Crippen molar-refractivity contribution in [1.29, 1.82) is 0 Å². The number of rotatable bonds is 9. The van der Waals surface area contributed by atoms with Crippen LogP contribution in [-0.4, -0.2) is 0 Å². The summed E-state index contributed by atoms with van der Waals surface area (Å²) in [5.41, 5.74) is 6.48. The molecular formula is C33H48. The maximum absolute atomic E-state index is 2.53. The first-order valence-electron chi connectivity index (χ1n) is 14.3. The van der Waals surface area contributed by atoms with E-state index in [2.05, 4.69) is 69.3 Å². The van der Waals surface area contributed by atoms with Crippen LogP contribution in [0.5, 0.6) is 0 Å². The van der Waals surface area contributed by atoms with E-state index >= 15 is 0 Å². The molecule has 0 unspecified atom stereocenters. The monoisotopic (exact) mass is 444 g/mol. The van der Waals surface area contributed by atoms with Crippen LogP contribution in [0.2, 0.25) is 0 Å². The van der Waals surface area contributed by atoms with Crippen LogP contribution < -0.4 is 0 Å². The standard InChI is InChI=1S/C33H48/c1-4-6-8-26-9-11-27(12-10-26)28-13-15-29(16-14-28)30-17-19-31(20-18-30)32-21-24-33(3,25-22-32)23-7-5-2/h13-20,26-27,32H,4-12,21-25H2,1-3H3. The molecule has 2 aromatic rings. The van der Waals surface area contributed by atoms with E-state index in [0.29, 0.717) is 5.41 Å². The van der Waals surface area contributed by atoms with Crippen molar-refractivity contribution in [2.75, 3.05) is 0 Å². The third-order valence-electron chi connectivity index (χ3n) is 9.24. The lowest BCUT2D eigenvalue weighted by Gasteiger charge is -2.37. The average molecular weight is 445 g/mol. The maximum Gasteiger partial charge on any atom is -0.0162 e. The average Bonchev–Trinajstić information content (AvgIpc) is 2.87. The summed E-state index contributed by atoms with van der Waals surface area (Å²) in [5.74, 6) is 2.55. The predicted molar refractivity (Wildman–Crippen MR) is 145 cm³/mol. The fraction of sp³-hybridized carbons (Fsp3) is 0.636. The molecule has 0 bridgehead atoms. The molecule has 0 aliphatic heterocycles. The van der Waals surface area contributed by atoms with Crippen LogP contribution in [0.25, 0.3) is 11.1 Å². The third-order valence-corrected chi connectivity index (χ3v) is 9.24. The molecule has 0 radical (unpaired) electrons. The summed E-state index contributed by atoms with van der Waals surface area (Å²) >= 11 is 0. The Balaban J connectivity index is 1.31. The van der Waals surface area contributed by atoms with Crippen LogP contribution in [-0.2, 0) is 0 Å². The summed E-state index contributed by atoms with van der Waals surface area (Å²) in [6, 6.07) is 19.1. The molecular weight excluding hydrogens is 396 g/mol. The molecule has 0 spiro atoms. The zero-order chi connectivity index (χ0) is 23.1. The van der Waals surface area contributed by atoms with Gasteiger partial charge in [-0.15, -0.1) is 0 Å². The van der Waals surface area contributed by atoms with Crippen LogP contribution in [0.1, 0.15) is 134 Å². The molecule has 0 N–H and O–H groups in total. The van der Waals surface area contributed by atoms with Crippen LogP contribution in [0.15, 0.2) is 48.5 Å². The van der Waals surface area contributed by atoms with Gasteiger partial charge in [-0.2, -0.15) is 0 Å². The molecule has 2 aromatic carbocycles. The van der Waals surface area contributed by atoms with Gasteiger partial charge in [0.2, 0.25) is 0 Å². The van der Waals surface area contributed by atoms with E-state index in [1.54, 1.807) is 11.1 Å². The van der Waals surface area contributed by atoms with Gasteiger partial charge in [-0.05, 0) is 103 Å². The lowest BCUT2D eigenvalue weighted by Crippen LogP contribution is -2.23. The van der Waals surface area contributed by atoms with Gasteiger partial charge in [-0.3, -0.25) is 0 Å². The Morgan fingerprint density at radius 2 is 1.12 bits per heavy atom. The molecule has 180 valence electrons. The Kier molecular flexibility index (Phi) is 8.72. The molecule has 0 heteroatoms. The minimum Gasteiger partial charge on any atom is -0.0654 e. The summed E-state index contributed by atoms with van der Waals surface area (Å²) in [6.45, 7) is 7.17. The molecule has 0 nitrogen and oxygen atoms in total. The first-order valence-corrected chi connectivity index (χ1v) is 14.3. The second-order valence-corrected chi connectivity index (χ2v) is 11.8. The van der Waals surface area contributed by atoms with E-state index in [-0.39, 0.29) is 0 Å². The van der Waals surface area contributed by atoms with Crippen molar-refractivity contribution < 1.29 is 0 Å². The Bertz CT molecular complexity index is 811. The predicted octanol–water partition coefficient (Wildman–Crippen LogP) is 10.7. The summed E-state index contributed by atoms with van der Waals surface area (Å²) in [6.07, 6.45) is 19.6. The van der Waals surface area contributed by atoms with Crippen molar-refractivity contribution in [2.45, 2.75) is 122 Å².